The van der Waals surface area contributed by atoms with E-state index >= 15 is 0 Å². The van der Waals surface area contributed by atoms with Crippen molar-refractivity contribution in [1.29, 1.82) is 0 Å². The summed E-state index contributed by atoms with van der Waals surface area (Å²) in [6, 6.07) is 5.18. The highest BCUT2D eigenvalue weighted by atomic mass is 35.5. The van der Waals surface area contributed by atoms with Gasteiger partial charge in [-0.25, -0.2) is 4.79 Å². The molecule has 1 unspecified atom stereocenters. The summed E-state index contributed by atoms with van der Waals surface area (Å²) >= 11 is 5.71. The number of aliphatic carboxylic acids is 2. The molecule has 0 aliphatic heterocycles. The minimum absolute atomic E-state index is 0.197. The van der Waals surface area contributed by atoms with E-state index in [-0.39, 0.29) is 18.4 Å². The topological polar surface area (TPSA) is 121 Å². The lowest BCUT2D eigenvalue weighted by atomic mass is 10.1. The summed E-state index contributed by atoms with van der Waals surface area (Å²) in [5, 5.41) is 19.4. The number of nitrogens with one attached hydrogen (secondary N) is 1. The van der Waals surface area contributed by atoms with Crippen molar-refractivity contribution in [1.82, 2.24) is 5.32 Å². The van der Waals surface area contributed by atoms with Gasteiger partial charge in [-0.3, -0.25) is 9.59 Å². The molecule has 0 heterocycles. The number of hydrogen-bond donors (Lipinski definition) is 3. The Bertz CT molecular complexity index is 601. The molecule has 0 radical (unpaired) electrons. The zero-order chi connectivity index (χ0) is 18.1. The van der Waals surface area contributed by atoms with Gasteiger partial charge in [0.25, 0.3) is 5.91 Å². The molecule has 0 aliphatic carbocycles. The number of hydrogen-bond acceptors (Lipinski definition) is 4. The molecule has 3 N–H and O–H groups in total. The zero-order valence-electron chi connectivity index (χ0n) is 12.8. The second-order valence-electron chi connectivity index (χ2n) is 5.18. The minimum Gasteiger partial charge on any atom is -0.481 e. The smallest absolute Gasteiger partial charge is 0.326 e. The lowest BCUT2D eigenvalue weighted by molar-refractivity contribution is -0.140. The molecule has 2 atom stereocenters. The first-order valence-corrected chi connectivity index (χ1v) is 7.71. The van der Waals surface area contributed by atoms with Gasteiger partial charge in [-0.2, -0.15) is 0 Å². The van der Waals surface area contributed by atoms with E-state index in [1.165, 1.54) is 12.1 Å². The van der Waals surface area contributed by atoms with E-state index in [9.17, 15) is 19.2 Å². The first-order chi connectivity index (χ1) is 11.3. The normalized spacial score (nSPS) is 12.9. The molecule has 0 bridgehead atoms. The van der Waals surface area contributed by atoms with Gasteiger partial charge in [0, 0.05) is 12.0 Å². The molecule has 0 aliphatic rings. The van der Waals surface area contributed by atoms with Crippen LogP contribution in [0, 0.1) is 0 Å². The van der Waals surface area contributed by atoms with Gasteiger partial charge < -0.3 is 20.3 Å². The second-order valence-corrected chi connectivity index (χ2v) is 5.74. The Labute approximate surface area is 143 Å². The summed E-state index contributed by atoms with van der Waals surface area (Å²) in [6.07, 6.45) is 1.16. The molecule has 0 saturated carbocycles. The summed E-state index contributed by atoms with van der Waals surface area (Å²) in [4.78, 5) is 44.1. The SMILES string of the molecule is O=CC(Cl)CCc1ccc(C(=O)N[C@@H](CCC(=O)O)C(=O)O)cc1. The fraction of sp³-hybridized carbons (Fsp3) is 0.375. The molecule has 1 amide bonds. The van der Waals surface area contributed by atoms with Crippen LogP contribution in [0.15, 0.2) is 24.3 Å². The summed E-state index contributed by atoms with van der Waals surface area (Å²) in [7, 11) is 0. The quantitative estimate of drug-likeness (QED) is 0.431. The molecule has 1 aromatic rings. The number of carbonyl (C=O) groups is 4. The van der Waals surface area contributed by atoms with Gasteiger partial charge in [0.05, 0.1) is 5.38 Å². The highest BCUT2D eigenvalue weighted by Gasteiger charge is 2.21. The molecule has 1 aromatic carbocycles. The number of aryl methyl sites for hydroxylation is 1. The van der Waals surface area contributed by atoms with Crippen molar-refractivity contribution < 1.29 is 29.4 Å². The van der Waals surface area contributed by atoms with E-state index < -0.39 is 29.3 Å². The van der Waals surface area contributed by atoms with Crippen LogP contribution in [0.4, 0.5) is 0 Å². The Balaban J connectivity index is 2.64. The molecule has 24 heavy (non-hydrogen) atoms. The van der Waals surface area contributed by atoms with Gasteiger partial charge in [0.2, 0.25) is 0 Å². The molecule has 0 fully saturated rings. The van der Waals surface area contributed by atoms with Crippen molar-refractivity contribution in [3.63, 3.8) is 0 Å². The summed E-state index contributed by atoms with van der Waals surface area (Å²) in [5.74, 6) is -3.02. The Morgan fingerprint density at radius 2 is 1.75 bits per heavy atom. The van der Waals surface area contributed by atoms with Crippen LogP contribution >= 0.6 is 11.6 Å². The van der Waals surface area contributed by atoms with E-state index in [1.54, 1.807) is 12.1 Å². The highest BCUT2D eigenvalue weighted by molar-refractivity contribution is 6.27. The van der Waals surface area contributed by atoms with E-state index in [0.717, 1.165) is 5.56 Å². The maximum absolute atomic E-state index is 12.0. The summed E-state index contributed by atoms with van der Waals surface area (Å²) < 4.78 is 0. The molecule has 0 saturated heterocycles. The first kappa shape index (κ1) is 19.6. The molecule has 7 nitrogen and oxygen atoms in total. The average Bonchev–Trinajstić information content (AvgIpc) is 2.56. The number of carboxylic acid groups (broad SMARTS) is 2. The Kier molecular flexibility index (Phi) is 7.91. The molecular formula is C16H18ClNO6. The molecule has 130 valence electrons. The summed E-state index contributed by atoms with van der Waals surface area (Å²) in [6.45, 7) is 0. The van der Waals surface area contributed by atoms with Gasteiger partial charge in [0.15, 0.2) is 0 Å². The fourth-order valence-corrected chi connectivity index (χ4v) is 2.07. The monoisotopic (exact) mass is 355 g/mol. The van der Waals surface area contributed by atoms with E-state index in [0.29, 0.717) is 19.1 Å². The number of rotatable bonds is 10. The number of carbonyl (C=O) groups excluding carboxylic acids is 2. The predicted molar refractivity (Wildman–Crippen MR) is 86.2 cm³/mol. The lowest BCUT2D eigenvalue weighted by Gasteiger charge is -2.13. The predicted octanol–water partition coefficient (Wildman–Crippen LogP) is 1.47. The van der Waals surface area contributed by atoms with Crippen LogP contribution in [-0.4, -0.2) is 45.8 Å². The third-order valence-corrected chi connectivity index (χ3v) is 3.64. The van der Waals surface area contributed by atoms with Gasteiger partial charge in [-0.1, -0.05) is 12.1 Å². The van der Waals surface area contributed by atoms with Crippen molar-refractivity contribution in [3.8, 4) is 0 Å². The average molecular weight is 356 g/mol. The Morgan fingerprint density at radius 3 is 2.25 bits per heavy atom. The standard InChI is InChI=1S/C16H18ClNO6/c17-12(9-19)6-3-10-1-4-11(5-2-10)15(22)18-13(16(23)24)7-8-14(20)21/h1-2,4-5,9,12-13H,3,6-8H2,(H,18,22)(H,20,21)(H,23,24)/t12?,13-/m0/s1. The third kappa shape index (κ3) is 6.78. The van der Waals surface area contributed by atoms with E-state index in [2.05, 4.69) is 5.32 Å². The lowest BCUT2D eigenvalue weighted by Crippen LogP contribution is -2.41. The van der Waals surface area contributed by atoms with Crippen LogP contribution in [0.1, 0.15) is 35.2 Å². The maximum atomic E-state index is 12.0. The van der Waals surface area contributed by atoms with Crippen LogP contribution < -0.4 is 5.32 Å². The molecule has 0 aromatic heterocycles. The molecular weight excluding hydrogens is 338 g/mol. The van der Waals surface area contributed by atoms with E-state index in [4.69, 9.17) is 21.8 Å². The zero-order valence-corrected chi connectivity index (χ0v) is 13.5. The van der Waals surface area contributed by atoms with Crippen LogP contribution in [0.5, 0.6) is 0 Å². The van der Waals surface area contributed by atoms with Crippen molar-refractivity contribution in [2.24, 2.45) is 0 Å². The number of carboxylic acids is 2. The first-order valence-electron chi connectivity index (χ1n) is 7.27. The number of benzene rings is 1. The number of aldehydes is 1. The maximum Gasteiger partial charge on any atom is 0.326 e. The Hall–Kier alpha value is -2.41. The minimum atomic E-state index is -1.29. The van der Waals surface area contributed by atoms with Gasteiger partial charge in [0.1, 0.15) is 12.3 Å². The Morgan fingerprint density at radius 1 is 1.12 bits per heavy atom. The number of amides is 1. The molecule has 8 heteroatoms. The highest BCUT2D eigenvalue weighted by Crippen LogP contribution is 2.10. The molecule has 0 spiro atoms. The molecule has 1 rings (SSSR count). The number of halogens is 1. The van der Waals surface area contributed by atoms with Crippen LogP contribution in [0.3, 0.4) is 0 Å². The van der Waals surface area contributed by atoms with E-state index in [1.807, 2.05) is 0 Å². The third-order valence-electron chi connectivity index (χ3n) is 3.32. The summed E-state index contributed by atoms with van der Waals surface area (Å²) in [5.41, 5.74) is 1.15. The number of alkyl halides is 1. The van der Waals surface area contributed by atoms with Gasteiger partial charge in [-0.15, -0.1) is 11.6 Å². The largest absolute Gasteiger partial charge is 0.481 e. The van der Waals surface area contributed by atoms with Crippen LogP contribution in [-0.2, 0) is 20.8 Å². The van der Waals surface area contributed by atoms with Crippen molar-refractivity contribution in [2.75, 3.05) is 0 Å². The van der Waals surface area contributed by atoms with Gasteiger partial charge >= 0.3 is 11.9 Å². The van der Waals surface area contributed by atoms with Gasteiger partial charge in [-0.05, 0) is 37.0 Å². The van der Waals surface area contributed by atoms with Crippen molar-refractivity contribution >= 4 is 35.7 Å². The van der Waals surface area contributed by atoms with Crippen LogP contribution in [0.25, 0.3) is 0 Å². The van der Waals surface area contributed by atoms with Crippen molar-refractivity contribution in [3.05, 3.63) is 35.4 Å². The fourth-order valence-electron chi connectivity index (χ4n) is 1.96. The van der Waals surface area contributed by atoms with Crippen LogP contribution in [0.2, 0.25) is 0 Å². The second kappa shape index (κ2) is 9.67. The van der Waals surface area contributed by atoms with Crippen molar-refractivity contribution in [2.45, 2.75) is 37.1 Å².